The molecule has 2 aliphatic carbocycles. The summed E-state index contributed by atoms with van der Waals surface area (Å²) >= 11 is 0. The molecule has 5 unspecified atom stereocenters. The van der Waals surface area contributed by atoms with Crippen LogP contribution in [0.15, 0.2) is 0 Å². The first-order chi connectivity index (χ1) is 13.3. The zero-order valence-electron chi connectivity index (χ0n) is 17.5. The minimum absolute atomic E-state index is 0.0507. The lowest BCUT2D eigenvalue weighted by atomic mass is 9.95. The molecule has 5 atom stereocenters. The lowest BCUT2D eigenvalue weighted by molar-refractivity contribution is -0.171. The van der Waals surface area contributed by atoms with Gasteiger partial charge in [0.1, 0.15) is 0 Å². The summed E-state index contributed by atoms with van der Waals surface area (Å²) in [7, 11) is 0. The molecule has 2 aliphatic heterocycles. The molecule has 3 heteroatoms. The predicted molar refractivity (Wildman–Crippen MR) is 109 cm³/mol. The van der Waals surface area contributed by atoms with Crippen molar-refractivity contribution in [2.24, 2.45) is 17.8 Å². The normalized spacial score (nSPS) is 32.5. The van der Waals surface area contributed by atoms with Crippen molar-refractivity contribution in [3.05, 3.63) is 0 Å². The second kappa shape index (κ2) is 11.4. The van der Waals surface area contributed by atoms with Crippen LogP contribution in [0.5, 0.6) is 0 Å². The van der Waals surface area contributed by atoms with E-state index in [0.29, 0.717) is 12.2 Å². The first-order valence-corrected chi connectivity index (χ1v) is 12.0. The van der Waals surface area contributed by atoms with E-state index in [4.69, 9.17) is 9.47 Å². The van der Waals surface area contributed by atoms with Crippen LogP contribution in [0.2, 0.25) is 0 Å². The van der Waals surface area contributed by atoms with Crippen LogP contribution in [-0.4, -0.2) is 18.5 Å². The SMILES string of the molecule is CCCCCCCCCC(C#N)CCCCCC1OC2CC3CC2CC3O1. The predicted octanol–water partition coefficient (Wildman–Crippen LogP) is 6.76. The number of unbranched alkanes of at least 4 members (excludes halogenated alkanes) is 8. The largest absolute Gasteiger partial charge is 0.349 e. The zero-order chi connectivity index (χ0) is 18.9. The summed E-state index contributed by atoms with van der Waals surface area (Å²) in [5, 5.41) is 9.39. The van der Waals surface area contributed by atoms with E-state index in [1.807, 2.05) is 0 Å². The highest BCUT2D eigenvalue weighted by molar-refractivity contribution is 4.99. The summed E-state index contributed by atoms with van der Waals surface area (Å²) in [5.41, 5.74) is 0. The molecule has 0 aromatic heterocycles. The number of fused-ring (bicyclic) bond motifs is 2. The Morgan fingerprint density at radius 1 is 0.778 bits per heavy atom. The van der Waals surface area contributed by atoms with Gasteiger partial charge in [-0.2, -0.15) is 5.26 Å². The van der Waals surface area contributed by atoms with E-state index in [0.717, 1.165) is 31.1 Å². The van der Waals surface area contributed by atoms with Gasteiger partial charge >= 0.3 is 0 Å². The molecule has 0 N–H and O–H groups in total. The van der Waals surface area contributed by atoms with Crippen LogP contribution in [0.1, 0.15) is 110 Å². The van der Waals surface area contributed by atoms with Gasteiger partial charge in [0.15, 0.2) is 6.29 Å². The van der Waals surface area contributed by atoms with Gasteiger partial charge in [-0.1, -0.05) is 64.7 Å². The van der Waals surface area contributed by atoms with Gasteiger partial charge in [0.25, 0.3) is 0 Å². The number of ether oxygens (including phenoxy) is 2. The fourth-order valence-corrected chi connectivity index (χ4v) is 5.56. The highest BCUT2D eigenvalue weighted by Gasteiger charge is 2.51. The molecule has 4 aliphatic rings. The highest BCUT2D eigenvalue weighted by Crippen LogP contribution is 2.50. The van der Waals surface area contributed by atoms with Gasteiger partial charge in [-0.25, -0.2) is 0 Å². The summed E-state index contributed by atoms with van der Waals surface area (Å²) < 4.78 is 12.5. The number of rotatable bonds is 14. The number of hydrogen-bond acceptors (Lipinski definition) is 3. The molecule has 27 heavy (non-hydrogen) atoms. The van der Waals surface area contributed by atoms with Crippen LogP contribution in [0, 0.1) is 29.1 Å². The zero-order valence-corrected chi connectivity index (χ0v) is 17.5. The molecule has 3 nitrogen and oxygen atoms in total. The molecule has 0 radical (unpaired) electrons. The molecule has 2 heterocycles. The number of nitrogens with zero attached hydrogens (tertiary/aromatic N) is 1. The van der Waals surface area contributed by atoms with Crippen molar-refractivity contribution in [3.8, 4) is 6.07 Å². The van der Waals surface area contributed by atoms with E-state index in [-0.39, 0.29) is 12.2 Å². The van der Waals surface area contributed by atoms with E-state index < -0.39 is 0 Å². The van der Waals surface area contributed by atoms with Gasteiger partial charge in [0.2, 0.25) is 0 Å². The first kappa shape index (κ1) is 21.1. The van der Waals surface area contributed by atoms with Crippen LogP contribution in [0.25, 0.3) is 0 Å². The summed E-state index contributed by atoms with van der Waals surface area (Å²) in [6, 6.07) is 2.54. The Morgan fingerprint density at radius 3 is 1.89 bits per heavy atom. The minimum Gasteiger partial charge on any atom is -0.349 e. The molecule has 0 amide bonds. The Balaban J connectivity index is 1.18. The molecule has 4 fully saturated rings. The summed E-state index contributed by atoms with van der Waals surface area (Å²) in [6.45, 7) is 2.26. The van der Waals surface area contributed by atoms with Crippen molar-refractivity contribution >= 4 is 0 Å². The second-order valence-corrected chi connectivity index (χ2v) is 9.38. The molecule has 2 saturated heterocycles. The number of hydrogen-bond donors (Lipinski definition) is 0. The van der Waals surface area contributed by atoms with Crippen molar-refractivity contribution in [2.75, 3.05) is 0 Å². The Labute approximate surface area is 167 Å². The molecule has 154 valence electrons. The maximum Gasteiger partial charge on any atom is 0.158 e. The van der Waals surface area contributed by atoms with Crippen LogP contribution in [-0.2, 0) is 9.47 Å². The van der Waals surface area contributed by atoms with Crippen LogP contribution in [0.3, 0.4) is 0 Å². The smallest absolute Gasteiger partial charge is 0.158 e. The highest BCUT2D eigenvalue weighted by atomic mass is 16.7. The van der Waals surface area contributed by atoms with Gasteiger partial charge in [-0.3, -0.25) is 0 Å². The van der Waals surface area contributed by atoms with E-state index in [1.54, 1.807) is 0 Å². The van der Waals surface area contributed by atoms with Crippen LogP contribution < -0.4 is 0 Å². The third-order valence-electron chi connectivity index (χ3n) is 7.21. The Morgan fingerprint density at radius 2 is 1.33 bits per heavy atom. The minimum atomic E-state index is 0.0507. The van der Waals surface area contributed by atoms with Crippen molar-refractivity contribution in [3.63, 3.8) is 0 Å². The molecule has 4 rings (SSSR count). The van der Waals surface area contributed by atoms with Crippen molar-refractivity contribution in [1.29, 1.82) is 5.26 Å². The molecule has 0 aromatic rings. The van der Waals surface area contributed by atoms with Gasteiger partial charge in [0.05, 0.1) is 18.3 Å². The van der Waals surface area contributed by atoms with Gasteiger partial charge < -0.3 is 9.47 Å². The number of nitriles is 1. The fourth-order valence-electron chi connectivity index (χ4n) is 5.56. The van der Waals surface area contributed by atoms with Crippen molar-refractivity contribution < 1.29 is 9.47 Å². The Bertz CT molecular complexity index is 442. The summed E-state index contributed by atoms with van der Waals surface area (Å²) in [6.07, 6.45) is 21.0. The topological polar surface area (TPSA) is 42.2 Å². The quantitative estimate of drug-likeness (QED) is 0.315. The van der Waals surface area contributed by atoms with E-state index in [1.165, 1.54) is 83.5 Å². The molecule has 4 bridgehead atoms. The average Bonchev–Trinajstić information content (AvgIpc) is 3.14. The molecule has 2 saturated carbocycles. The monoisotopic (exact) mass is 375 g/mol. The molecule has 0 spiro atoms. The molecular weight excluding hydrogens is 334 g/mol. The molecular formula is C24H41NO2. The standard InChI is InChI=1S/C24H41NO2/c1-2-3-4-5-6-7-9-12-19(18-25)13-10-8-11-14-24-26-22-16-20-15-21(22)17-23(20)27-24/h19-24H,2-17H2,1H3. The third-order valence-corrected chi connectivity index (χ3v) is 7.21. The fraction of sp³-hybridized carbons (Fsp3) is 0.958. The van der Waals surface area contributed by atoms with Crippen molar-refractivity contribution in [1.82, 2.24) is 0 Å². The third kappa shape index (κ3) is 6.47. The maximum atomic E-state index is 9.39. The van der Waals surface area contributed by atoms with Crippen molar-refractivity contribution in [2.45, 2.75) is 128 Å². The van der Waals surface area contributed by atoms with E-state index in [2.05, 4.69) is 13.0 Å². The first-order valence-electron chi connectivity index (χ1n) is 12.0. The van der Waals surface area contributed by atoms with Gasteiger partial charge in [-0.05, 0) is 56.8 Å². The summed E-state index contributed by atoms with van der Waals surface area (Å²) in [4.78, 5) is 0. The maximum absolute atomic E-state index is 9.39. The van der Waals surface area contributed by atoms with E-state index in [9.17, 15) is 5.26 Å². The second-order valence-electron chi connectivity index (χ2n) is 9.38. The summed E-state index contributed by atoms with van der Waals surface area (Å²) in [5.74, 6) is 1.84. The van der Waals surface area contributed by atoms with Crippen LogP contribution in [0.4, 0.5) is 0 Å². The average molecular weight is 376 g/mol. The lowest BCUT2D eigenvalue weighted by Crippen LogP contribution is -2.23. The van der Waals surface area contributed by atoms with Gasteiger partial charge in [-0.15, -0.1) is 0 Å². The van der Waals surface area contributed by atoms with Gasteiger partial charge in [0, 0.05) is 5.92 Å². The van der Waals surface area contributed by atoms with Crippen LogP contribution >= 0.6 is 0 Å². The molecule has 0 aromatic carbocycles. The Hall–Kier alpha value is -0.590. The lowest BCUT2D eigenvalue weighted by Gasteiger charge is -2.21. The van der Waals surface area contributed by atoms with E-state index >= 15 is 0 Å². The Kier molecular flexibility index (Phi) is 8.94.